The number of nitrogens with zero attached hydrogens (tertiary/aromatic N) is 3. The minimum atomic E-state index is -2.00. The van der Waals surface area contributed by atoms with Gasteiger partial charge in [-0.25, -0.2) is 9.78 Å². The fourth-order valence-electron chi connectivity index (χ4n) is 2.28. The van der Waals surface area contributed by atoms with E-state index in [1.807, 2.05) is 4.98 Å². The van der Waals surface area contributed by atoms with E-state index < -0.39 is 44.3 Å². The molecule has 5 N–H and O–H groups in total. The molecule has 5 unspecified atom stereocenters. The van der Waals surface area contributed by atoms with Crippen LogP contribution in [0.4, 0.5) is 0 Å². The Labute approximate surface area is 147 Å². The predicted molar refractivity (Wildman–Crippen MR) is 88.1 cm³/mol. The highest BCUT2D eigenvalue weighted by Gasteiger charge is 2.44. The molecule has 0 amide bonds. The van der Waals surface area contributed by atoms with E-state index in [1.165, 1.54) is 23.1 Å². The van der Waals surface area contributed by atoms with Gasteiger partial charge in [0.2, 0.25) is 0 Å². The number of aromatic nitrogens is 4. The van der Waals surface area contributed by atoms with Gasteiger partial charge in [0.25, 0.3) is 14.1 Å². The second-order valence-electron chi connectivity index (χ2n) is 5.05. The maximum Gasteiger partial charge on any atom is 0.330 e. The summed E-state index contributed by atoms with van der Waals surface area (Å²) in [5, 5.41) is 27.1. The summed E-state index contributed by atoms with van der Waals surface area (Å²) < 4.78 is 13.0. The third-order valence-corrected chi connectivity index (χ3v) is 4.52. The van der Waals surface area contributed by atoms with Crippen LogP contribution in [-0.4, -0.2) is 71.1 Å². The first-order valence-electron chi connectivity index (χ1n) is 7.35. The van der Waals surface area contributed by atoms with Crippen LogP contribution in [0.1, 0.15) is 6.23 Å². The SMILES string of the molecule is CO.O=c1ccn(C2OC(COP(O)n3ccnc3)C(O)C2O)c(=O)[nH]1. The normalized spacial score (nSPS) is 26.2. The van der Waals surface area contributed by atoms with Crippen molar-refractivity contribution in [3.05, 3.63) is 51.8 Å². The Morgan fingerprint density at radius 2 is 2.04 bits per heavy atom. The van der Waals surface area contributed by atoms with Crippen LogP contribution in [0.2, 0.25) is 0 Å². The van der Waals surface area contributed by atoms with Gasteiger partial charge in [0.05, 0.1) is 6.61 Å². The highest BCUT2D eigenvalue weighted by molar-refractivity contribution is 7.44. The Kier molecular flexibility index (Phi) is 7.17. The number of aliphatic hydroxyl groups is 3. The summed E-state index contributed by atoms with van der Waals surface area (Å²) in [5.74, 6) is 0. The van der Waals surface area contributed by atoms with Crippen LogP contribution >= 0.6 is 8.53 Å². The monoisotopic (exact) mass is 390 g/mol. The number of rotatable bonds is 5. The Balaban J connectivity index is 0.00000117. The molecular formula is C13H19N4O8P. The molecule has 1 fully saturated rings. The van der Waals surface area contributed by atoms with Crippen LogP contribution in [0.5, 0.6) is 0 Å². The number of aromatic amines is 1. The smallest absolute Gasteiger partial charge is 0.330 e. The van der Waals surface area contributed by atoms with Crippen molar-refractivity contribution in [3.63, 3.8) is 0 Å². The number of H-pyrrole nitrogens is 1. The van der Waals surface area contributed by atoms with Gasteiger partial charge in [-0.15, -0.1) is 0 Å². The molecule has 3 rings (SSSR count). The van der Waals surface area contributed by atoms with E-state index in [0.29, 0.717) is 0 Å². The third-order valence-electron chi connectivity index (χ3n) is 3.50. The van der Waals surface area contributed by atoms with E-state index in [4.69, 9.17) is 14.4 Å². The van der Waals surface area contributed by atoms with Gasteiger partial charge >= 0.3 is 5.69 Å². The summed E-state index contributed by atoms with van der Waals surface area (Å²) >= 11 is 0. The van der Waals surface area contributed by atoms with E-state index in [2.05, 4.69) is 4.98 Å². The molecule has 0 aromatic carbocycles. The number of hydrogen-bond acceptors (Lipinski definition) is 9. The third kappa shape index (κ3) is 4.43. The van der Waals surface area contributed by atoms with Gasteiger partial charge in [-0.2, -0.15) is 0 Å². The van der Waals surface area contributed by atoms with E-state index in [9.17, 15) is 24.7 Å². The van der Waals surface area contributed by atoms with Crippen molar-refractivity contribution >= 4 is 8.53 Å². The van der Waals surface area contributed by atoms with E-state index in [-0.39, 0.29) is 6.61 Å². The van der Waals surface area contributed by atoms with Crippen molar-refractivity contribution in [1.29, 1.82) is 0 Å². The largest absolute Gasteiger partial charge is 0.400 e. The zero-order valence-corrected chi connectivity index (χ0v) is 14.5. The minimum Gasteiger partial charge on any atom is -0.400 e. The Bertz CT molecular complexity index is 794. The van der Waals surface area contributed by atoms with Gasteiger partial charge in [0.1, 0.15) is 24.6 Å². The van der Waals surface area contributed by atoms with Crippen LogP contribution in [0, 0.1) is 0 Å². The molecule has 0 spiro atoms. The molecule has 1 aliphatic rings. The number of nitrogens with one attached hydrogen (secondary N) is 1. The molecule has 5 atom stereocenters. The molecule has 1 aliphatic heterocycles. The molecule has 2 aromatic rings. The van der Waals surface area contributed by atoms with Crippen LogP contribution in [0.25, 0.3) is 0 Å². The maximum atomic E-state index is 11.8. The standard InChI is InChI=1S/C12H15N4O7P.CH4O/c17-8-1-3-16(12(20)14-8)11-10(19)9(18)7(23-11)5-22-24(21)15-4-2-13-6-15;1-2/h1-4,6-7,9-11,18-19,21H,5H2,(H,14,17,20);2H,1H3. The molecule has 0 saturated carbocycles. The Morgan fingerprint density at radius 1 is 1.31 bits per heavy atom. The van der Waals surface area contributed by atoms with Crippen molar-refractivity contribution in [2.45, 2.75) is 24.5 Å². The average molecular weight is 390 g/mol. The zero-order chi connectivity index (χ0) is 19.3. The van der Waals surface area contributed by atoms with Gasteiger partial charge in [0.15, 0.2) is 6.23 Å². The highest BCUT2D eigenvalue weighted by atomic mass is 31.2. The molecule has 0 bridgehead atoms. The number of aliphatic hydroxyl groups excluding tert-OH is 3. The molecule has 144 valence electrons. The van der Waals surface area contributed by atoms with Gasteiger partial charge in [-0.3, -0.25) is 18.7 Å². The lowest BCUT2D eigenvalue weighted by Crippen LogP contribution is -2.37. The van der Waals surface area contributed by atoms with Crippen molar-refractivity contribution in [2.75, 3.05) is 13.7 Å². The lowest BCUT2D eigenvalue weighted by atomic mass is 10.1. The first-order chi connectivity index (χ1) is 12.5. The minimum absolute atomic E-state index is 0.215. The topological polar surface area (TPSA) is 172 Å². The van der Waals surface area contributed by atoms with Crippen molar-refractivity contribution in [2.24, 2.45) is 0 Å². The van der Waals surface area contributed by atoms with Crippen LogP contribution in [-0.2, 0) is 9.26 Å². The first-order valence-corrected chi connectivity index (χ1v) is 8.52. The van der Waals surface area contributed by atoms with Gasteiger partial charge in [-0.1, -0.05) is 0 Å². The molecule has 13 heteroatoms. The average Bonchev–Trinajstić information content (AvgIpc) is 3.26. The van der Waals surface area contributed by atoms with E-state index >= 15 is 0 Å². The Hall–Kier alpha value is -1.92. The van der Waals surface area contributed by atoms with Crippen LogP contribution in [0.15, 0.2) is 40.6 Å². The number of ether oxygens (including phenoxy) is 1. The summed E-state index contributed by atoms with van der Waals surface area (Å²) in [6.45, 7) is -0.215. The summed E-state index contributed by atoms with van der Waals surface area (Å²) in [6, 6.07) is 1.10. The van der Waals surface area contributed by atoms with Crippen molar-refractivity contribution < 1.29 is 29.5 Å². The van der Waals surface area contributed by atoms with Crippen LogP contribution < -0.4 is 11.2 Å². The lowest BCUT2D eigenvalue weighted by Gasteiger charge is -2.17. The molecule has 0 aliphatic carbocycles. The summed E-state index contributed by atoms with van der Waals surface area (Å²) in [5.41, 5.74) is -1.36. The molecule has 12 nitrogen and oxygen atoms in total. The predicted octanol–water partition coefficient (Wildman–Crippen LogP) is -2.26. The molecule has 3 heterocycles. The van der Waals surface area contributed by atoms with Gasteiger partial charge in [0, 0.05) is 31.8 Å². The quantitative estimate of drug-likeness (QED) is 0.353. The highest BCUT2D eigenvalue weighted by Crippen LogP contribution is 2.35. The van der Waals surface area contributed by atoms with E-state index in [1.54, 1.807) is 0 Å². The zero-order valence-electron chi connectivity index (χ0n) is 13.6. The fraction of sp³-hybridized carbons (Fsp3) is 0.462. The molecular weight excluding hydrogens is 371 g/mol. The number of hydrogen-bond donors (Lipinski definition) is 5. The van der Waals surface area contributed by atoms with Crippen LogP contribution in [0.3, 0.4) is 0 Å². The van der Waals surface area contributed by atoms with E-state index in [0.717, 1.165) is 23.9 Å². The Morgan fingerprint density at radius 3 is 2.65 bits per heavy atom. The second kappa shape index (κ2) is 9.14. The second-order valence-corrected chi connectivity index (χ2v) is 6.28. The van der Waals surface area contributed by atoms with Gasteiger partial charge in [-0.05, 0) is 0 Å². The summed E-state index contributed by atoms with van der Waals surface area (Å²) in [4.78, 5) is 38.5. The molecule has 0 radical (unpaired) electrons. The fourth-order valence-corrected chi connectivity index (χ4v) is 3.02. The summed E-state index contributed by atoms with van der Waals surface area (Å²) in [6.07, 6.45) is 0.624. The van der Waals surface area contributed by atoms with Gasteiger partial charge < -0.3 is 29.5 Å². The molecule has 1 saturated heterocycles. The van der Waals surface area contributed by atoms with Crippen molar-refractivity contribution in [3.8, 4) is 0 Å². The lowest BCUT2D eigenvalue weighted by molar-refractivity contribution is -0.0515. The molecule has 26 heavy (non-hydrogen) atoms. The number of imidazole rings is 1. The summed E-state index contributed by atoms with van der Waals surface area (Å²) in [7, 11) is -1.00. The first kappa shape index (κ1) is 20.4. The maximum absolute atomic E-state index is 11.8. The molecule has 2 aromatic heterocycles. The van der Waals surface area contributed by atoms with Crippen molar-refractivity contribution in [1.82, 2.24) is 18.9 Å².